The van der Waals surface area contributed by atoms with E-state index in [9.17, 15) is 26.7 Å². The number of alkyl halides is 5. The second kappa shape index (κ2) is 6.14. The summed E-state index contributed by atoms with van der Waals surface area (Å²) in [5, 5.41) is -0.658. The lowest BCUT2D eigenvalue weighted by atomic mass is 10.2. The van der Waals surface area contributed by atoms with E-state index in [4.69, 9.17) is 11.6 Å². The predicted octanol–water partition coefficient (Wildman–Crippen LogP) is 4.31. The molecule has 3 rings (SSSR count). The van der Waals surface area contributed by atoms with Crippen LogP contribution in [0, 0.1) is 0 Å². The van der Waals surface area contributed by atoms with Gasteiger partial charge in [0, 0.05) is 6.20 Å². The summed E-state index contributed by atoms with van der Waals surface area (Å²) in [6, 6.07) is 6.50. The summed E-state index contributed by atoms with van der Waals surface area (Å²) < 4.78 is 66.6. The third-order valence-electron chi connectivity index (χ3n) is 3.55. The highest BCUT2D eigenvalue weighted by atomic mass is 35.5. The van der Waals surface area contributed by atoms with Crippen molar-refractivity contribution in [3.63, 3.8) is 0 Å². The molecule has 0 atom stereocenters. The fourth-order valence-electron chi connectivity index (χ4n) is 2.45. The molecule has 3 aromatic rings. The minimum Gasteiger partial charge on any atom is -0.306 e. The average Bonchev–Trinajstić information content (AvgIpc) is 2.88. The van der Waals surface area contributed by atoms with E-state index in [1.165, 1.54) is 18.2 Å². The molecule has 0 spiro atoms. The van der Waals surface area contributed by atoms with Crippen LogP contribution >= 0.6 is 11.6 Å². The smallest absolute Gasteiger partial charge is 0.306 e. The minimum absolute atomic E-state index is 0.110. The Kier molecular flexibility index (Phi) is 4.28. The van der Waals surface area contributed by atoms with Gasteiger partial charge in [-0.05, 0) is 18.2 Å². The SMILES string of the molecule is O=c1c(Cl)cc(C(F)(F)F)cn1Cc1nc2ccccc2n1C(F)F. The normalized spacial score (nSPS) is 12.3. The lowest BCUT2D eigenvalue weighted by molar-refractivity contribution is -0.138. The number of hydrogen-bond donors (Lipinski definition) is 0. The Labute approximate surface area is 142 Å². The summed E-state index contributed by atoms with van der Waals surface area (Å²) >= 11 is 5.56. The molecule has 4 nitrogen and oxygen atoms in total. The number of nitrogens with zero attached hydrogens (tertiary/aromatic N) is 3. The molecular weight excluding hydrogens is 369 g/mol. The molecule has 0 radical (unpaired) electrons. The lowest BCUT2D eigenvalue weighted by Crippen LogP contribution is -2.25. The molecule has 0 aliphatic rings. The first-order chi connectivity index (χ1) is 11.7. The molecule has 0 saturated carbocycles. The van der Waals surface area contributed by atoms with E-state index in [1.54, 1.807) is 6.07 Å². The van der Waals surface area contributed by atoms with Gasteiger partial charge in [0.15, 0.2) is 0 Å². The van der Waals surface area contributed by atoms with Crippen molar-refractivity contribution in [2.75, 3.05) is 0 Å². The van der Waals surface area contributed by atoms with E-state index >= 15 is 0 Å². The summed E-state index contributed by atoms with van der Waals surface area (Å²) in [7, 11) is 0. The molecule has 0 amide bonds. The first kappa shape index (κ1) is 17.4. The third kappa shape index (κ3) is 3.23. The largest absolute Gasteiger partial charge is 0.417 e. The van der Waals surface area contributed by atoms with Crippen LogP contribution in [-0.2, 0) is 12.7 Å². The van der Waals surface area contributed by atoms with Gasteiger partial charge in [-0.25, -0.2) is 4.98 Å². The molecule has 1 aromatic carbocycles. The third-order valence-corrected chi connectivity index (χ3v) is 3.82. The zero-order chi connectivity index (χ0) is 18.4. The van der Waals surface area contributed by atoms with Gasteiger partial charge in [0.05, 0.1) is 23.1 Å². The number of hydrogen-bond acceptors (Lipinski definition) is 2. The van der Waals surface area contributed by atoms with Gasteiger partial charge >= 0.3 is 12.7 Å². The Hall–Kier alpha value is -2.42. The Balaban J connectivity index is 2.15. The maximum atomic E-state index is 13.4. The van der Waals surface area contributed by atoms with Crippen LogP contribution in [-0.4, -0.2) is 14.1 Å². The van der Waals surface area contributed by atoms with Crippen molar-refractivity contribution in [2.24, 2.45) is 0 Å². The van der Waals surface area contributed by atoms with E-state index in [0.717, 1.165) is 0 Å². The molecule has 0 N–H and O–H groups in total. The maximum Gasteiger partial charge on any atom is 0.417 e. The highest BCUT2D eigenvalue weighted by Gasteiger charge is 2.32. The van der Waals surface area contributed by atoms with Crippen LogP contribution in [0.2, 0.25) is 5.02 Å². The summed E-state index contributed by atoms with van der Waals surface area (Å²) in [4.78, 5) is 16.0. The highest BCUT2D eigenvalue weighted by molar-refractivity contribution is 6.30. The van der Waals surface area contributed by atoms with Gasteiger partial charge < -0.3 is 4.57 Å². The molecule has 0 fully saturated rings. The van der Waals surface area contributed by atoms with Crippen LogP contribution in [0.3, 0.4) is 0 Å². The summed E-state index contributed by atoms with van der Waals surface area (Å²) in [6.07, 6.45) is -4.20. The van der Waals surface area contributed by atoms with E-state index in [-0.39, 0.29) is 16.9 Å². The van der Waals surface area contributed by atoms with Gasteiger partial charge in [-0.15, -0.1) is 0 Å². The topological polar surface area (TPSA) is 39.8 Å². The number of halogens is 6. The minimum atomic E-state index is -4.73. The molecule has 132 valence electrons. The van der Waals surface area contributed by atoms with Crippen molar-refractivity contribution >= 4 is 22.6 Å². The van der Waals surface area contributed by atoms with Gasteiger partial charge in [0.1, 0.15) is 10.8 Å². The maximum absolute atomic E-state index is 13.4. The number of pyridine rings is 1. The molecule has 0 aliphatic heterocycles. The zero-order valence-electron chi connectivity index (χ0n) is 12.3. The van der Waals surface area contributed by atoms with Crippen molar-refractivity contribution in [3.05, 3.63) is 63.3 Å². The van der Waals surface area contributed by atoms with E-state index in [0.29, 0.717) is 21.4 Å². The molecule has 2 aromatic heterocycles. The second-order valence-electron chi connectivity index (χ2n) is 5.17. The first-order valence-electron chi connectivity index (χ1n) is 6.89. The van der Waals surface area contributed by atoms with Crippen LogP contribution in [0.1, 0.15) is 17.9 Å². The first-order valence-corrected chi connectivity index (χ1v) is 7.27. The van der Waals surface area contributed by atoms with Gasteiger partial charge in [-0.2, -0.15) is 22.0 Å². The van der Waals surface area contributed by atoms with Gasteiger partial charge in [-0.1, -0.05) is 23.7 Å². The number of rotatable bonds is 3. The molecule has 0 bridgehead atoms. The lowest BCUT2D eigenvalue weighted by Gasteiger charge is -2.13. The standard InChI is InChI=1S/C15H9ClF5N3O/c16-9-5-8(15(19,20)21)6-23(13(9)25)7-12-22-10-3-1-2-4-11(10)24(12)14(17)18/h1-6,14H,7H2. The van der Waals surface area contributed by atoms with Crippen molar-refractivity contribution in [2.45, 2.75) is 19.3 Å². The van der Waals surface area contributed by atoms with Crippen molar-refractivity contribution < 1.29 is 22.0 Å². The van der Waals surface area contributed by atoms with Crippen LogP contribution < -0.4 is 5.56 Å². The summed E-state index contributed by atoms with van der Waals surface area (Å²) in [5.41, 5.74) is -1.73. The van der Waals surface area contributed by atoms with Crippen LogP contribution in [0.25, 0.3) is 11.0 Å². The molecule has 2 heterocycles. The second-order valence-corrected chi connectivity index (χ2v) is 5.58. The molecular formula is C15H9ClF5N3O. The van der Waals surface area contributed by atoms with Gasteiger partial charge in [0.2, 0.25) is 0 Å². The quantitative estimate of drug-likeness (QED) is 0.638. The van der Waals surface area contributed by atoms with E-state index in [1.807, 2.05) is 0 Å². The van der Waals surface area contributed by atoms with Crippen molar-refractivity contribution in [1.82, 2.24) is 14.1 Å². The molecule has 25 heavy (non-hydrogen) atoms. The van der Waals surface area contributed by atoms with Crippen LogP contribution in [0.4, 0.5) is 22.0 Å². The highest BCUT2D eigenvalue weighted by Crippen LogP contribution is 2.30. The Bertz CT molecular complexity index is 993. The molecule has 10 heteroatoms. The summed E-state index contributed by atoms with van der Waals surface area (Å²) in [5.74, 6) is -0.256. The van der Waals surface area contributed by atoms with Crippen molar-refractivity contribution in [1.29, 1.82) is 0 Å². The Morgan fingerprint density at radius 2 is 1.88 bits per heavy atom. The monoisotopic (exact) mass is 377 g/mol. The number of aromatic nitrogens is 3. The Morgan fingerprint density at radius 3 is 2.52 bits per heavy atom. The predicted molar refractivity (Wildman–Crippen MR) is 80.8 cm³/mol. The number of para-hydroxylation sites is 2. The van der Waals surface area contributed by atoms with E-state index in [2.05, 4.69) is 4.98 Å². The van der Waals surface area contributed by atoms with Gasteiger partial charge in [-0.3, -0.25) is 9.36 Å². The number of imidazole rings is 1. The fourth-order valence-corrected chi connectivity index (χ4v) is 2.67. The van der Waals surface area contributed by atoms with Crippen LogP contribution in [0.15, 0.2) is 41.3 Å². The number of benzene rings is 1. The van der Waals surface area contributed by atoms with Gasteiger partial charge in [0.25, 0.3) is 5.56 Å². The molecule has 0 saturated heterocycles. The zero-order valence-corrected chi connectivity index (χ0v) is 13.0. The van der Waals surface area contributed by atoms with E-state index < -0.39 is 35.4 Å². The summed E-state index contributed by atoms with van der Waals surface area (Å²) in [6.45, 7) is -3.55. The number of fused-ring (bicyclic) bond motifs is 1. The average molecular weight is 378 g/mol. The molecule has 0 aliphatic carbocycles. The molecule has 0 unspecified atom stereocenters. The fraction of sp³-hybridized carbons (Fsp3) is 0.200. The Morgan fingerprint density at radius 1 is 1.20 bits per heavy atom. The van der Waals surface area contributed by atoms with Crippen molar-refractivity contribution in [3.8, 4) is 0 Å². The van der Waals surface area contributed by atoms with Crippen LogP contribution in [0.5, 0.6) is 0 Å².